The van der Waals surface area contributed by atoms with Gasteiger partial charge in [-0.2, -0.15) is 0 Å². The number of nitrogens with one attached hydrogen (secondary N) is 2. The molecule has 3 rings (SSSR count). The van der Waals surface area contributed by atoms with Crippen LogP contribution in [0.1, 0.15) is 39.9 Å². The third-order valence-corrected chi connectivity index (χ3v) is 4.71. The minimum Gasteiger partial charge on any atom is -0.496 e. The first-order chi connectivity index (χ1) is 12.9. The van der Waals surface area contributed by atoms with Gasteiger partial charge in [0, 0.05) is 25.0 Å². The molecule has 0 saturated heterocycles. The normalized spacial score (nSPS) is 13.1. The molecule has 1 aliphatic carbocycles. The molecule has 1 aromatic heterocycles. The molecule has 0 bridgehead atoms. The Kier molecular flexibility index (Phi) is 5.35. The summed E-state index contributed by atoms with van der Waals surface area (Å²) >= 11 is 0. The molecule has 2 N–H and O–H groups in total. The lowest BCUT2D eigenvalue weighted by atomic mass is 10.1. The first-order valence-corrected chi connectivity index (χ1v) is 8.98. The van der Waals surface area contributed by atoms with Gasteiger partial charge < -0.3 is 19.9 Å². The van der Waals surface area contributed by atoms with E-state index in [1.165, 1.54) is 0 Å². The zero-order chi connectivity index (χ0) is 19.6. The Balaban J connectivity index is 2.00. The van der Waals surface area contributed by atoms with Crippen molar-refractivity contribution >= 4 is 11.6 Å². The van der Waals surface area contributed by atoms with E-state index in [1.54, 1.807) is 31.0 Å². The van der Waals surface area contributed by atoms with Crippen molar-refractivity contribution in [2.45, 2.75) is 32.4 Å². The number of benzene rings is 1. The van der Waals surface area contributed by atoms with Crippen molar-refractivity contribution < 1.29 is 9.53 Å². The fourth-order valence-corrected chi connectivity index (χ4v) is 2.88. The number of rotatable bonds is 7. The highest BCUT2D eigenvalue weighted by atomic mass is 16.5. The largest absolute Gasteiger partial charge is 0.496 e. The number of amides is 1. The van der Waals surface area contributed by atoms with Crippen LogP contribution in [0, 0.1) is 6.92 Å². The van der Waals surface area contributed by atoms with Gasteiger partial charge in [0.25, 0.3) is 11.5 Å². The Morgan fingerprint density at radius 3 is 2.70 bits per heavy atom. The predicted molar refractivity (Wildman–Crippen MR) is 106 cm³/mol. The SMILES string of the molecule is C=C(NC)c1cc(C(=O)NC2CC2)cn(Cc2ccc(C)c(OC)c2)c1=O. The van der Waals surface area contributed by atoms with Crippen molar-refractivity contribution in [2.75, 3.05) is 14.2 Å². The number of methoxy groups -OCH3 is 1. The lowest BCUT2D eigenvalue weighted by molar-refractivity contribution is 0.0950. The van der Waals surface area contributed by atoms with Crippen molar-refractivity contribution in [1.29, 1.82) is 0 Å². The van der Waals surface area contributed by atoms with Crippen LogP contribution in [-0.2, 0) is 6.54 Å². The molecule has 0 spiro atoms. The second kappa shape index (κ2) is 7.70. The quantitative estimate of drug-likeness (QED) is 0.788. The van der Waals surface area contributed by atoms with Gasteiger partial charge in [-0.1, -0.05) is 18.7 Å². The second-order valence-corrected chi connectivity index (χ2v) is 6.86. The maximum Gasteiger partial charge on any atom is 0.260 e. The second-order valence-electron chi connectivity index (χ2n) is 6.86. The van der Waals surface area contributed by atoms with E-state index in [0.29, 0.717) is 23.4 Å². The van der Waals surface area contributed by atoms with Crippen molar-refractivity contribution in [3.05, 3.63) is 69.6 Å². The zero-order valence-corrected chi connectivity index (χ0v) is 16.0. The van der Waals surface area contributed by atoms with E-state index < -0.39 is 0 Å². The molecule has 27 heavy (non-hydrogen) atoms. The average molecular weight is 367 g/mol. The van der Waals surface area contributed by atoms with E-state index in [-0.39, 0.29) is 17.5 Å². The van der Waals surface area contributed by atoms with E-state index in [4.69, 9.17) is 4.74 Å². The summed E-state index contributed by atoms with van der Waals surface area (Å²) < 4.78 is 6.92. The summed E-state index contributed by atoms with van der Waals surface area (Å²) in [4.78, 5) is 25.4. The smallest absolute Gasteiger partial charge is 0.260 e. The minimum absolute atomic E-state index is 0.169. The Hall–Kier alpha value is -3.02. The molecule has 0 atom stereocenters. The van der Waals surface area contributed by atoms with Crippen LogP contribution in [0.15, 0.2) is 41.8 Å². The van der Waals surface area contributed by atoms with Gasteiger partial charge in [0.2, 0.25) is 0 Å². The summed E-state index contributed by atoms with van der Waals surface area (Å²) in [6.45, 7) is 6.19. The Morgan fingerprint density at radius 2 is 2.07 bits per heavy atom. The molecule has 1 saturated carbocycles. The molecular weight excluding hydrogens is 342 g/mol. The summed E-state index contributed by atoms with van der Waals surface area (Å²) in [7, 11) is 3.32. The average Bonchev–Trinajstić information content (AvgIpc) is 3.48. The first kappa shape index (κ1) is 18.8. The fourth-order valence-electron chi connectivity index (χ4n) is 2.88. The number of aromatic nitrogens is 1. The topological polar surface area (TPSA) is 72.4 Å². The lowest BCUT2D eigenvalue weighted by Crippen LogP contribution is -2.31. The number of hydrogen-bond donors (Lipinski definition) is 2. The minimum atomic E-state index is -0.197. The van der Waals surface area contributed by atoms with Crippen LogP contribution >= 0.6 is 0 Å². The maximum atomic E-state index is 12.9. The van der Waals surface area contributed by atoms with Crippen LogP contribution in [0.4, 0.5) is 0 Å². The number of carbonyl (C=O) groups is 1. The van der Waals surface area contributed by atoms with Crippen LogP contribution in [0.25, 0.3) is 5.70 Å². The number of ether oxygens (including phenoxy) is 1. The van der Waals surface area contributed by atoms with Gasteiger partial charge in [-0.3, -0.25) is 9.59 Å². The lowest BCUT2D eigenvalue weighted by Gasteiger charge is -2.14. The van der Waals surface area contributed by atoms with Gasteiger partial charge in [0.05, 0.1) is 24.8 Å². The standard InChI is InChI=1S/C21H25N3O3/c1-13-5-6-15(9-19(13)27-4)11-24-12-16(20(25)23-17-7-8-17)10-18(21(24)26)14(2)22-3/h5-6,9-10,12,17,22H,2,7-8,11H2,1,3-4H3,(H,23,25). The molecule has 142 valence electrons. The van der Waals surface area contributed by atoms with E-state index in [1.807, 2.05) is 25.1 Å². The van der Waals surface area contributed by atoms with Gasteiger partial charge in [-0.15, -0.1) is 0 Å². The maximum absolute atomic E-state index is 12.9. The molecule has 1 fully saturated rings. The van der Waals surface area contributed by atoms with E-state index in [2.05, 4.69) is 17.2 Å². The summed E-state index contributed by atoms with van der Waals surface area (Å²) in [5.41, 5.74) is 3.07. The number of hydrogen-bond acceptors (Lipinski definition) is 4. The number of pyridine rings is 1. The Morgan fingerprint density at radius 1 is 1.33 bits per heavy atom. The molecule has 6 nitrogen and oxygen atoms in total. The Bertz CT molecular complexity index is 942. The van der Waals surface area contributed by atoms with Crippen molar-refractivity contribution in [2.24, 2.45) is 0 Å². The summed E-state index contributed by atoms with van der Waals surface area (Å²) in [5, 5.41) is 5.86. The number of carbonyl (C=O) groups excluding carboxylic acids is 1. The fraction of sp³-hybridized carbons (Fsp3) is 0.333. The highest BCUT2D eigenvalue weighted by Gasteiger charge is 2.24. The van der Waals surface area contributed by atoms with Gasteiger partial charge in [0.1, 0.15) is 5.75 Å². The highest BCUT2D eigenvalue weighted by Crippen LogP contribution is 2.21. The molecule has 1 aliphatic rings. The summed E-state index contributed by atoms with van der Waals surface area (Å²) in [6, 6.07) is 7.66. The molecular formula is C21H25N3O3. The van der Waals surface area contributed by atoms with E-state index in [0.717, 1.165) is 29.7 Å². The zero-order valence-electron chi connectivity index (χ0n) is 16.0. The van der Waals surface area contributed by atoms with Gasteiger partial charge >= 0.3 is 0 Å². The number of nitrogens with zero attached hydrogens (tertiary/aromatic N) is 1. The predicted octanol–water partition coefficient (Wildman–Crippen LogP) is 2.30. The molecule has 1 amide bonds. The molecule has 0 aliphatic heterocycles. The van der Waals surface area contributed by atoms with Gasteiger partial charge in [-0.05, 0) is 43.0 Å². The van der Waals surface area contributed by atoms with Crippen molar-refractivity contribution in [3.63, 3.8) is 0 Å². The van der Waals surface area contributed by atoms with Crippen molar-refractivity contribution in [1.82, 2.24) is 15.2 Å². The van der Waals surface area contributed by atoms with Crippen LogP contribution < -0.4 is 20.9 Å². The molecule has 0 radical (unpaired) electrons. The van der Waals surface area contributed by atoms with Crippen molar-refractivity contribution in [3.8, 4) is 5.75 Å². The third kappa shape index (κ3) is 4.22. The Labute approximate surface area is 158 Å². The highest BCUT2D eigenvalue weighted by molar-refractivity contribution is 5.95. The first-order valence-electron chi connectivity index (χ1n) is 8.98. The molecule has 1 aromatic carbocycles. The molecule has 0 unspecified atom stereocenters. The van der Waals surface area contributed by atoms with Crippen LogP contribution in [0.5, 0.6) is 5.75 Å². The van der Waals surface area contributed by atoms with Crippen LogP contribution in [0.2, 0.25) is 0 Å². The summed E-state index contributed by atoms with van der Waals surface area (Å²) in [6.07, 6.45) is 3.62. The van der Waals surface area contributed by atoms with Gasteiger partial charge in [0.15, 0.2) is 0 Å². The van der Waals surface area contributed by atoms with Crippen LogP contribution in [0.3, 0.4) is 0 Å². The van der Waals surface area contributed by atoms with Gasteiger partial charge in [-0.25, -0.2) is 0 Å². The third-order valence-electron chi connectivity index (χ3n) is 4.71. The molecule has 2 aromatic rings. The monoisotopic (exact) mass is 367 g/mol. The van der Waals surface area contributed by atoms with E-state index >= 15 is 0 Å². The van der Waals surface area contributed by atoms with E-state index in [9.17, 15) is 9.59 Å². The molecule has 6 heteroatoms. The number of aryl methyl sites for hydroxylation is 1. The molecule has 1 heterocycles. The summed E-state index contributed by atoms with van der Waals surface area (Å²) in [5.74, 6) is 0.598. The van der Waals surface area contributed by atoms with Crippen LogP contribution in [-0.4, -0.2) is 30.7 Å².